The van der Waals surface area contributed by atoms with E-state index in [1.807, 2.05) is 43.3 Å². The highest BCUT2D eigenvalue weighted by atomic mass is 79.9. The minimum atomic E-state index is -3.65. The van der Waals surface area contributed by atoms with Crippen LogP contribution in [0.5, 0.6) is 0 Å². The number of pyridine rings is 1. The first-order chi connectivity index (χ1) is 16.3. The first kappa shape index (κ1) is 23.1. The summed E-state index contributed by atoms with van der Waals surface area (Å²) in [7, 11) is -3.65. The zero-order chi connectivity index (χ0) is 23.9. The van der Waals surface area contributed by atoms with Crippen molar-refractivity contribution < 1.29 is 13.2 Å². The molecule has 34 heavy (non-hydrogen) atoms. The predicted octanol–water partition coefficient (Wildman–Crippen LogP) is 4.58. The van der Waals surface area contributed by atoms with Crippen LogP contribution in [-0.4, -0.2) is 59.7 Å². The summed E-state index contributed by atoms with van der Waals surface area (Å²) in [4.78, 5) is 24.4. The molecular weight excluding hydrogens is 536 g/mol. The first-order valence-corrected chi connectivity index (χ1v) is 13.7. The number of hydrogen-bond donors (Lipinski definition) is 0. The second-order valence-electron chi connectivity index (χ2n) is 8.02. The lowest BCUT2D eigenvalue weighted by Gasteiger charge is -2.33. The number of aryl methyl sites for hydroxylation is 1. The molecule has 1 aliphatic rings. The smallest absolute Gasteiger partial charge is 0.265 e. The highest BCUT2D eigenvalue weighted by Gasteiger charge is 2.31. The van der Waals surface area contributed by atoms with Gasteiger partial charge in [0.2, 0.25) is 10.0 Å². The maximum absolute atomic E-state index is 13.3. The molecule has 1 fully saturated rings. The van der Waals surface area contributed by atoms with Gasteiger partial charge >= 0.3 is 0 Å². The summed E-state index contributed by atoms with van der Waals surface area (Å²) in [6.07, 6.45) is 3.42. The number of thiazole rings is 1. The minimum Gasteiger partial charge on any atom is -0.335 e. The Morgan fingerprint density at radius 2 is 1.76 bits per heavy atom. The number of hydrogen-bond acceptors (Lipinski definition) is 6. The van der Waals surface area contributed by atoms with Crippen LogP contribution >= 0.6 is 27.3 Å². The molecule has 1 aliphatic heterocycles. The van der Waals surface area contributed by atoms with Crippen molar-refractivity contribution in [3.8, 4) is 10.6 Å². The molecule has 0 N–H and O–H groups in total. The maximum Gasteiger partial charge on any atom is 0.265 e. The molecule has 0 unspecified atom stereocenters. The van der Waals surface area contributed by atoms with Gasteiger partial charge in [0.25, 0.3) is 5.91 Å². The molecule has 174 valence electrons. The van der Waals surface area contributed by atoms with Crippen LogP contribution in [0.15, 0.2) is 70.3 Å². The second kappa shape index (κ2) is 9.18. The Balaban J connectivity index is 1.30. The van der Waals surface area contributed by atoms with Gasteiger partial charge in [-0.15, -0.1) is 11.3 Å². The van der Waals surface area contributed by atoms with Crippen LogP contribution in [0.2, 0.25) is 0 Å². The van der Waals surface area contributed by atoms with Crippen LogP contribution in [0.1, 0.15) is 15.4 Å². The largest absolute Gasteiger partial charge is 0.335 e. The summed E-state index contributed by atoms with van der Waals surface area (Å²) in [5, 5.41) is 2.58. The lowest BCUT2D eigenvalue weighted by atomic mass is 10.1. The lowest BCUT2D eigenvalue weighted by Crippen LogP contribution is -2.50. The number of rotatable bonds is 4. The number of piperazine rings is 1. The fourth-order valence-electron chi connectivity index (χ4n) is 3.99. The van der Waals surface area contributed by atoms with E-state index >= 15 is 0 Å². The molecule has 10 heteroatoms. The number of halogens is 1. The normalized spacial score (nSPS) is 15.1. The molecule has 3 heterocycles. The van der Waals surface area contributed by atoms with Crippen molar-refractivity contribution in [1.29, 1.82) is 0 Å². The summed E-state index contributed by atoms with van der Waals surface area (Å²) >= 11 is 4.78. The summed E-state index contributed by atoms with van der Waals surface area (Å²) < 4.78 is 28.9. The number of benzene rings is 2. The molecule has 0 aliphatic carbocycles. The Morgan fingerprint density at radius 1 is 1.03 bits per heavy atom. The van der Waals surface area contributed by atoms with Crippen molar-refractivity contribution in [1.82, 2.24) is 19.2 Å². The number of sulfonamides is 1. The zero-order valence-corrected chi connectivity index (χ0v) is 21.5. The highest BCUT2D eigenvalue weighted by Crippen LogP contribution is 2.29. The van der Waals surface area contributed by atoms with Crippen LogP contribution in [-0.2, 0) is 10.0 Å². The Hall–Kier alpha value is -2.66. The van der Waals surface area contributed by atoms with E-state index in [2.05, 4.69) is 25.9 Å². The van der Waals surface area contributed by atoms with Crippen molar-refractivity contribution in [3.05, 3.63) is 76.0 Å². The number of fused-ring (bicyclic) bond motifs is 1. The molecule has 4 aromatic rings. The average molecular weight is 557 g/mol. The molecule has 1 amide bonds. The predicted molar refractivity (Wildman–Crippen MR) is 136 cm³/mol. The van der Waals surface area contributed by atoms with Crippen LogP contribution < -0.4 is 0 Å². The third-order valence-electron chi connectivity index (χ3n) is 5.84. The molecule has 2 aromatic heterocycles. The number of aromatic nitrogens is 2. The summed E-state index contributed by atoms with van der Waals surface area (Å²) in [6.45, 7) is 2.98. The molecule has 5 rings (SSSR count). The Kier molecular flexibility index (Phi) is 6.24. The molecule has 7 nitrogen and oxygen atoms in total. The zero-order valence-electron chi connectivity index (χ0n) is 18.3. The van der Waals surface area contributed by atoms with E-state index in [0.29, 0.717) is 23.7 Å². The van der Waals surface area contributed by atoms with Crippen LogP contribution in [0, 0.1) is 6.92 Å². The Morgan fingerprint density at radius 3 is 2.50 bits per heavy atom. The first-order valence-electron chi connectivity index (χ1n) is 10.7. The minimum absolute atomic E-state index is 0.113. The molecular formula is C24H21BrN4O3S2. The van der Waals surface area contributed by atoms with Gasteiger partial charge in [0.05, 0.1) is 10.6 Å². The average Bonchev–Trinajstić information content (AvgIpc) is 3.25. The molecule has 0 bridgehead atoms. The van der Waals surface area contributed by atoms with E-state index in [1.165, 1.54) is 15.6 Å². The number of carbonyl (C=O) groups excluding carboxylic acids is 1. The number of amides is 1. The molecule has 0 atom stereocenters. The van der Waals surface area contributed by atoms with Crippen LogP contribution in [0.25, 0.3) is 21.3 Å². The van der Waals surface area contributed by atoms with E-state index in [0.717, 1.165) is 25.8 Å². The quantitative estimate of drug-likeness (QED) is 0.367. The summed E-state index contributed by atoms with van der Waals surface area (Å²) in [5.74, 6) is -0.113. The SMILES string of the molecule is Cc1nc(-c2cccnc2)sc1C(=O)N1CCN(S(=O)(=O)c2ccc3cc(Br)ccc3c2)CC1. The van der Waals surface area contributed by atoms with E-state index in [9.17, 15) is 13.2 Å². The van der Waals surface area contributed by atoms with Crippen LogP contribution in [0.4, 0.5) is 0 Å². The van der Waals surface area contributed by atoms with Gasteiger partial charge < -0.3 is 4.90 Å². The Labute approximate surface area is 210 Å². The van der Waals surface area contributed by atoms with Crippen molar-refractivity contribution >= 4 is 54.0 Å². The molecule has 0 radical (unpaired) electrons. The van der Waals surface area contributed by atoms with Crippen LogP contribution in [0.3, 0.4) is 0 Å². The third kappa shape index (κ3) is 4.38. The highest BCUT2D eigenvalue weighted by molar-refractivity contribution is 9.10. The van der Waals surface area contributed by atoms with E-state index < -0.39 is 10.0 Å². The number of carbonyl (C=O) groups is 1. The maximum atomic E-state index is 13.3. The molecule has 0 saturated carbocycles. The van der Waals surface area contributed by atoms with Crippen molar-refractivity contribution in [2.45, 2.75) is 11.8 Å². The van der Waals surface area contributed by atoms with Gasteiger partial charge in [-0.3, -0.25) is 9.78 Å². The van der Waals surface area contributed by atoms with E-state index in [4.69, 9.17) is 0 Å². The van der Waals surface area contributed by atoms with Crippen molar-refractivity contribution in [2.75, 3.05) is 26.2 Å². The standard InChI is InChI=1S/C24H21BrN4O3S2/c1-16-22(33-23(27-16)19-3-2-8-26-15-19)24(30)28-9-11-29(12-10-28)34(31,32)21-7-5-17-13-20(25)6-4-18(17)14-21/h2-8,13-15H,9-12H2,1H3. The van der Waals surface area contributed by atoms with Gasteiger partial charge in [0.1, 0.15) is 9.88 Å². The van der Waals surface area contributed by atoms with E-state index in [-0.39, 0.29) is 23.9 Å². The van der Waals surface area contributed by atoms with Gasteiger partial charge in [-0.2, -0.15) is 4.31 Å². The molecule has 2 aromatic carbocycles. The third-order valence-corrected chi connectivity index (χ3v) is 9.42. The van der Waals surface area contributed by atoms with Crippen molar-refractivity contribution in [2.24, 2.45) is 0 Å². The topological polar surface area (TPSA) is 83.5 Å². The van der Waals surface area contributed by atoms with E-state index in [1.54, 1.807) is 29.4 Å². The van der Waals surface area contributed by atoms with Gasteiger partial charge in [-0.25, -0.2) is 13.4 Å². The Bertz CT molecular complexity index is 1480. The second-order valence-corrected chi connectivity index (χ2v) is 11.9. The summed E-state index contributed by atoms with van der Waals surface area (Å²) in [6, 6.07) is 14.7. The fraction of sp³-hybridized carbons (Fsp3) is 0.208. The van der Waals surface area contributed by atoms with Gasteiger partial charge in [0.15, 0.2) is 0 Å². The summed E-state index contributed by atoms with van der Waals surface area (Å²) in [5.41, 5.74) is 1.54. The molecule has 1 saturated heterocycles. The number of nitrogens with zero attached hydrogens (tertiary/aromatic N) is 4. The van der Waals surface area contributed by atoms with Gasteiger partial charge in [0, 0.05) is 48.6 Å². The monoisotopic (exact) mass is 556 g/mol. The van der Waals surface area contributed by atoms with Gasteiger partial charge in [-0.05, 0) is 54.1 Å². The fourth-order valence-corrected chi connectivity index (χ4v) is 6.85. The lowest BCUT2D eigenvalue weighted by molar-refractivity contribution is 0.0702. The van der Waals surface area contributed by atoms with Gasteiger partial charge in [-0.1, -0.05) is 28.1 Å². The molecule has 0 spiro atoms. The van der Waals surface area contributed by atoms with Crippen molar-refractivity contribution in [3.63, 3.8) is 0 Å².